The van der Waals surface area contributed by atoms with Gasteiger partial charge in [0.1, 0.15) is 0 Å². The van der Waals surface area contributed by atoms with E-state index in [0.717, 1.165) is 0 Å². The molecular formula is C14H16N2. The highest BCUT2D eigenvalue weighted by molar-refractivity contribution is 5.66. The molecule has 4 rings (SSSR count). The lowest BCUT2D eigenvalue weighted by molar-refractivity contribution is 0.349. The molecule has 82 valence electrons. The number of benzene rings is 1. The molecular weight excluding hydrogens is 196 g/mol. The predicted octanol–water partition coefficient (Wildman–Crippen LogP) is 2.91. The van der Waals surface area contributed by atoms with Gasteiger partial charge < -0.3 is 10.2 Å². The van der Waals surface area contributed by atoms with Crippen LogP contribution in [0.4, 0.5) is 5.69 Å². The van der Waals surface area contributed by atoms with Crippen molar-refractivity contribution in [3.05, 3.63) is 41.2 Å². The van der Waals surface area contributed by atoms with Gasteiger partial charge in [0.05, 0.1) is 0 Å². The molecule has 2 nitrogen and oxygen atoms in total. The lowest BCUT2D eigenvalue weighted by atomic mass is 9.91. The molecule has 3 aliphatic rings. The van der Waals surface area contributed by atoms with Gasteiger partial charge in [0, 0.05) is 36.1 Å². The highest BCUT2D eigenvalue weighted by Gasteiger charge is 2.36. The number of hydrogen-bond donors (Lipinski definition) is 1. The number of nitrogens with one attached hydrogen (secondary N) is 1. The number of fused-ring (bicyclic) bond motifs is 4. The standard InChI is InChI=1S/C14H16N2/c1-2-5-12-10(4-1)11-7-9-16-8-3-6-13(16)14(11)15-12/h1-2,4-5,11,15H,3,6-9H2. The lowest BCUT2D eigenvalue weighted by Crippen LogP contribution is -2.28. The Morgan fingerprint density at radius 2 is 2.12 bits per heavy atom. The molecule has 1 saturated heterocycles. The maximum absolute atomic E-state index is 3.65. The summed E-state index contributed by atoms with van der Waals surface area (Å²) in [5, 5.41) is 3.65. The molecule has 3 aliphatic heterocycles. The van der Waals surface area contributed by atoms with Gasteiger partial charge in [-0.2, -0.15) is 0 Å². The smallest absolute Gasteiger partial charge is 0.0423 e. The molecule has 0 bridgehead atoms. The van der Waals surface area contributed by atoms with Crippen molar-refractivity contribution in [3.8, 4) is 0 Å². The van der Waals surface area contributed by atoms with E-state index in [1.165, 1.54) is 49.3 Å². The number of hydrogen-bond acceptors (Lipinski definition) is 2. The number of allylic oxidation sites excluding steroid dienone is 2. The predicted molar refractivity (Wildman–Crippen MR) is 65.3 cm³/mol. The fraction of sp³-hybridized carbons (Fsp3) is 0.429. The molecule has 0 saturated carbocycles. The second-order valence-electron chi connectivity index (χ2n) is 5.00. The first-order valence-corrected chi connectivity index (χ1v) is 6.27. The summed E-state index contributed by atoms with van der Waals surface area (Å²) in [7, 11) is 0. The number of para-hydroxylation sites is 1. The average molecular weight is 212 g/mol. The van der Waals surface area contributed by atoms with Gasteiger partial charge in [0.25, 0.3) is 0 Å². The lowest BCUT2D eigenvalue weighted by Gasteiger charge is -2.30. The van der Waals surface area contributed by atoms with Crippen LogP contribution in [-0.4, -0.2) is 18.0 Å². The average Bonchev–Trinajstić information content (AvgIpc) is 2.92. The van der Waals surface area contributed by atoms with Gasteiger partial charge in [-0.3, -0.25) is 0 Å². The highest BCUT2D eigenvalue weighted by Crippen LogP contribution is 2.46. The summed E-state index contributed by atoms with van der Waals surface area (Å²) in [5.74, 6) is 0.653. The molecule has 0 spiro atoms. The fourth-order valence-corrected chi connectivity index (χ4v) is 3.44. The molecule has 1 aromatic carbocycles. The summed E-state index contributed by atoms with van der Waals surface area (Å²) < 4.78 is 0. The topological polar surface area (TPSA) is 15.3 Å². The maximum Gasteiger partial charge on any atom is 0.0423 e. The molecule has 1 fully saturated rings. The summed E-state index contributed by atoms with van der Waals surface area (Å²) in [4.78, 5) is 2.57. The fourth-order valence-electron chi connectivity index (χ4n) is 3.44. The molecule has 16 heavy (non-hydrogen) atoms. The zero-order valence-electron chi connectivity index (χ0n) is 9.37. The van der Waals surface area contributed by atoms with Crippen LogP contribution in [0.15, 0.2) is 35.7 Å². The van der Waals surface area contributed by atoms with Crippen molar-refractivity contribution in [1.82, 2.24) is 4.90 Å². The Labute approximate surface area is 96.0 Å². The third-order valence-electron chi connectivity index (χ3n) is 4.18. The van der Waals surface area contributed by atoms with E-state index < -0.39 is 0 Å². The molecule has 0 radical (unpaired) electrons. The Morgan fingerprint density at radius 1 is 1.19 bits per heavy atom. The Kier molecular flexibility index (Phi) is 1.65. The summed E-state index contributed by atoms with van der Waals surface area (Å²) in [6, 6.07) is 8.78. The van der Waals surface area contributed by atoms with Crippen LogP contribution < -0.4 is 5.32 Å². The Balaban J connectivity index is 1.86. The molecule has 1 unspecified atom stereocenters. The van der Waals surface area contributed by atoms with E-state index in [9.17, 15) is 0 Å². The molecule has 1 atom stereocenters. The summed E-state index contributed by atoms with van der Waals surface area (Å²) in [6.07, 6.45) is 3.89. The first kappa shape index (κ1) is 8.68. The molecule has 0 aliphatic carbocycles. The van der Waals surface area contributed by atoms with E-state index in [0.29, 0.717) is 5.92 Å². The second kappa shape index (κ2) is 3.03. The van der Waals surface area contributed by atoms with E-state index in [4.69, 9.17) is 0 Å². The van der Waals surface area contributed by atoms with Crippen molar-refractivity contribution in [2.24, 2.45) is 0 Å². The van der Waals surface area contributed by atoms with Crippen molar-refractivity contribution >= 4 is 5.69 Å². The second-order valence-corrected chi connectivity index (χ2v) is 5.00. The maximum atomic E-state index is 3.65. The van der Waals surface area contributed by atoms with Crippen LogP contribution in [0.5, 0.6) is 0 Å². The largest absolute Gasteiger partial charge is 0.373 e. The van der Waals surface area contributed by atoms with Crippen molar-refractivity contribution in [2.45, 2.75) is 25.2 Å². The third-order valence-corrected chi connectivity index (χ3v) is 4.18. The normalized spacial score (nSPS) is 26.2. The van der Waals surface area contributed by atoms with E-state index in [1.807, 2.05) is 0 Å². The first-order chi connectivity index (χ1) is 7.93. The van der Waals surface area contributed by atoms with Crippen LogP contribution in [0, 0.1) is 0 Å². The minimum Gasteiger partial charge on any atom is -0.373 e. The SMILES string of the molecule is c1ccc2c(c1)NC1=C3CCCN3CCC12. The number of rotatable bonds is 0. The van der Waals surface area contributed by atoms with Crippen LogP contribution in [0.2, 0.25) is 0 Å². The summed E-state index contributed by atoms with van der Waals surface area (Å²) >= 11 is 0. The van der Waals surface area contributed by atoms with Crippen LogP contribution in [0.1, 0.15) is 30.7 Å². The molecule has 0 amide bonds. The van der Waals surface area contributed by atoms with E-state index in [1.54, 1.807) is 5.70 Å². The van der Waals surface area contributed by atoms with Crippen molar-refractivity contribution in [1.29, 1.82) is 0 Å². The zero-order valence-corrected chi connectivity index (χ0v) is 9.37. The minimum atomic E-state index is 0.653. The van der Waals surface area contributed by atoms with Gasteiger partial charge >= 0.3 is 0 Å². The first-order valence-electron chi connectivity index (χ1n) is 6.27. The van der Waals surface area contributed by atoms with Gasteiger partial charge in [-0.15, -0.1) is 0 Å². The van der Waals surface area contributed by atoms with Crippen molar-refractivity contribution in [3.63, 3.8) is 0 Å². The molecule has 0 aromatic heterocycles. The van der Waals surface area contributed by atoms with Gasteiger partial charge in [-0.25, -0.2) is 0 Å². The molecule has 3 heterocycles. The highest BCUT2D eigenvalue weighted by atomic mass is 15.2. The molecule has 1 aromatic rings. The Morgan fingerprint density at radius 3 is 3.12 bits per heavy atom. The number of anilines is 1. The van der Waals surface area contributed by atoms with Gasteiger partial charge in [0.15, 0.2) is 0 Å². The minimum absolute atomic E-state index is 0.653. The summed E-state index contributed by atoms with van der Waals surface area (Å²) in [5.41, 5.74) is 5.94. The van der Waals surface area contributed by atoms with Gasteiger partial charge in [-0.1, -0.05) is 18.2 Å². The third kappa shape index (κ3) is 1.02. The van der Waals surface area contributed by atoms with Crippen molar-refractivity contribution in [2.75, 3.05) is 18.4 Å². The molecule has 1 N–H and O–H groups in total. The summed E-state index contributed by atoms with van der Waals surface area (Å²) in [6.45, 7) is 2.52. The van der Waals surface area contributed by atoms with Crippen LogP contribution in [-0.2, 0) is 0 Å². The van der Waals surface area contributed by atoms with E-state index in [-0.39, 0.29) is 0 Å². The van der Waals surface area contributed by atoms with Crippen LogP contribution in [0.3, 0.4) is 0 Å². The number of nitrogens with zero attached hydrogens (tertiary/aromatic N) is 1. The Bertz CT molecular complexity index is 475. The zero-order chi connectivity index (χ0) is 10.5. The van der Waals surface area contributed by atoms with Gasteiger partial charge in [-0.05, 0) is 30.9 Å². The monoisotopic (exact) mass is 212 g/mol. The van der Waals surface area contributed by atoms with Gasteiger partial charge in [0.2, 0.25) is 0 Å². The van der Waals surface area contributed by atoms with Crippen molar-refractivity contribution < 1.29 is 0 Å². The Hall–Kier alpha value is -1.44. The van der Waals surface area contributed by atoms with Crippen LogP contribution >= 0.6 is 0 Å². The van der Waals surface area contributed by atoms with Crippen LogP contribution in [0.25, 0.3) is 0 Å². The van der Waals surface area contributed by atoms with E-state index in [2.05, 4.69) is 34.5 Å². The molecule has 2 heteroatoms. The quantitative estimate of drug-likeness (QED) is 0.711. The van der Waals surface area contributed by atoms with E-state index >= 15 is 0 Å².